The van der Waals surface area contributed by atoms with Crippen LogP contribution in [0.25, 0.3) is 0 Å². The first-order valence-corrected chi connectivity index (χ1v) is 5.39. The second-order valence-electron chi connectivity index (χ2n) is 2.16. The molecule has 0 bridgehead atoms. The van der Waals surface area contributed by atoms with Crippen molar-refractivity contribution in [2.75, 3.05) is 13.2 Å². The Morgan fingerprint density at radius 1 is 1.85 bits per heavy atom. The fourth-order valence-corrected chi connectivity index (χ4v) is 1.25. The van der Waals surface area contributed by atoms with Gasteiger partial charge in [0.05, 0.1) is 6.61 Å². The second kappa shape index (κ2) is 6.29. The van der Waals surface area contributed by atoms with Crippen LogP contribution in [-0.2, 0) is 18.3 Å². The van der Waals surface area contributed by atoms with Crippen molar-refractivity contribution in [2.45, 2.75) is 20.1 Å². The normalized spacial score (nSPS) is 23.8. The van der Waals surface area contributed by atoms with Crippen LogP contribution in [-0.4, -0.2) is 24.4 Å². The predicted molar refractivity (Wildman–Crippen MR) is 48.1 cm³/mol. The molecule has 1 rings (SSSR count). The molecule has 1 heterocycles. The van der Waals surface area contributed by atoms with Gasteiger partial charge in [-0.15, -0.1) is 6.58 Å². The molecule has 1 fully saturated rings. The molecular formula is C7H15O5P. The van der Waals surface area contributed by atoms with Crippen molar-refractivity contribution in [2.24, 2.45) is 0 Å². The number of allylic oxidation sites excluding steroid dienone is 1. The average molecular weight is 210 g/mol. The number of hydrogen-bond acceptors (Lipinski definition) is 4. The Hall–Kier alpha value is -0.190. The highest BCUT2D eigenvalue weighted by atomic mass is 31.2. The zero-order valence-electron chi connectivity index (χ0n) is 7.80. The van der Waals surface area contributed by atoms with Gasteiger partial charge in [-0.1, -0.05) is 6.08 Å². The summed E-state index contributed by atoms with van der Waals surface area (Å²) in [5.74, 6) is 0. The number of rotatable bonds is 4. The van der Waals surface area contributed by atoms with E-state index in [-0.39, 0.29) is 6.61 Å². The molecule has 78 valence electrons. The van der Waals surface area contributed by atoms with Crippen molar-refractivity contribution >= 4 is 7.82 Å². The van der Waals surface area contributed by atoms with Crippen molar-refractivity contribution in [3.05, 3.63) is 12.7 Å². The lowest BCUT2D eigenvalue weighted by Crippen LogP contribution is -1.96. The van der Waals surface area contributed by atoms with Gasteiger partial charge in [0.15, 0.2) is 6.29 Å². The van der Waals surface area contributed by atoms with E-state index in [0.29, 0.717) is 6.61 Å². The molecule has 2 atom stereocenters. The molecule has 0 aromatic rings. The van der Waals surface area contributed by atoms with Crippen LogP contribution >= 0.6 is 7.82 Å². The maximum Gasteiger partial charge on any atom is 0.474 e. The van der Waals surface area contributed by atoms with Gasteiger partial charge in [0.1, 0.15) is 6.61 Å². The van der Waals surface area contributed by atoms with Crippen molar-refractivity contribution in [3.63, 3.8) is 0 Å². The summed E-state index contributed by atoms with van der Waals surface area (Å²) >= 11 is 0. The highest BCUT2D eigenvalue weighted by molar-refractivity contribution is 7.47. The van der Waals surface area contributed by atoms with E-state index in [1.165, 1.54) is 0 Å². The van der Waals surface area contributed by atoms with Crippen LogP contribution in [0.2, 0.25) is 0 Å². The Bertz CT molecular complexity index is 189. The van der Waals surface area contributed by atoms with E-state index in [1.54, 1.807) is 13.0 Å². The van der Waals surface area contributed by atoms with E-state index in [4.69, 9.17) is 4.89 Å². The number of epoxide rings is 1. The molecular weight excluding hydrogens is 195 g/mol. The van der Waals surface area contributed by atoms with Crippen LogP contribution in [0.1, 0.15) is 13.8 Å². The van der Waals surface area contributed by atoms with Crippen molar-refractivity contribution in [1.29, 1.82) is 0 Å². The van der Waals surface area contributed by atoms with Gasteiger partial charge in [-0.25, -0.2) is 4.57 Å². The summed E-state index contributed by atoms with van der Waals surface area (Å²) in [4.78, 5) is 8.76. The molecule has 5 nitrogen and oxygen atoms in total. The molecule has 0 saturated carbocycles. The summed E-state index contributed by atoms with van der Waals surface area (Å²) in [5, 5.41) is 0. The molecule has 1 saturated heterocycles. The highest BCUT2D eigenvalue weighted by Gasteiger charge is 2.34. The fourth-order valence-electron chi connectivity index (χ4n) is 0.442. The van der Waals surface area contributed by atoms with Gasteiger partial charge < -0.3 is 9.63 Å². The Labute approximate surface area is 77.9 Å². The maximum atomic E-state index is 10.7. The third-order valence-corrected chi connectivity index (χ3v) is 1.93. The number of hydrogen-bond donors (Lipinski definition) is 1. The summed E-state index contributed by atoms with van der Waals surface area (Å²) in [6, 6.07) is 0. The molecule has 0 spiro atoms. The summed E-state index contributed by atoms with van der Waals surface area (Å²) in [5.41, 5.74) is 0. The Kier molecular flexibility index (Phi) is 6.20. The number of phosphoric acid groups is 1. The molecule has 6 heteroatoms. The van der Waals surface area contributed by atoms with Crippen LogP contribution < -0.4 is 0 Å². The monoisotopic (exact) mass is 210 g/mol. The summed E-state index contributed by atoms with van der Waals surface area (Å²) in [7, 11) is -3.81. The first kappa shape index (κ1) is 12.8. The van der Waals surface area contributed by atoms with Gasteiger partial charge >= 0.3 is 7.82 Å². The van der Waals surface area contributed by atoms with Crippen molar-refractivity contribution in [3.8, 4) is 0 Å². The van der Waals surface area contributed by atoms with Gasteiger partial charge in [0, 0.05) is 0 Å². The van der Waals surface area contributed by atoms with Crippen LogP contribution in [0.5, 0.6) is 0 Å². The molecule has 0 aliphatic carbocycles. The first-order chi connectivity index (χ1) is 6.05. The zero-order valence-corrected chi connectivity index (χ0v) is 8.70. The molecule has 1 aliphatic heterocycles. The third-order valence-electron chi connectivity index (χ3n) is 0.846. The van der Waals surface area contributed by atoms with Crippen molar-refractivity contribution < 1.29 is 23.2 Å². The average Bonchev–Trinajstić information content (AvgIpc) is 2.71. The minimum absolute atomic E-state index is 0.153. The van der Waals surface area contributed by atoms with E-state index in [0.717, 1.165) is 0 Å². The zero-order chi connectivity index (χ0) is 10.3. The minimum Gasteiger partial charge on any atom is -0.344 e. The summed E-state index contributed by atoms with van der Waals surface area (Å²) < 4.78 is 24.1. The van der Waals surface area contributed by atoms with Crippen LogP contribution in [0.15, 0.2) is 12.7 Å². The van der Waals surface area contributed by atoms with Gasteiger partial charge in [-0.2, -0.15) is 0 Å². The maximum absolute atomic E-state index is 10.7. The topological polar surface area (TPSA) is 68.3 Å². The van der Waals surface area contributed by atoms with E-state index in [2.05, 4.69) is 20.4 Å². The lowest BCUT2D eigenvalue weighted by Gasteiger charge is -2.07. The van der Waals surface area contributed by atoms with Gasteiger partial charge in [-0.05, 0) is 13.8 Å². The third kappa shape index (κ3) is 8.15. The van der Waals surface area contributed by atoms with E-state index >= 15 is 0 Å². The van der Waals surface area contributed by atoms with E-state index in [1.807, 2.05) is 6.92 Å². The summed E-state index contributed by atoms with van der Waals surface area (Å²) in [6.45, 7) is 7.39. The quantitative estimate of drug-likeness (QED) is 0.434. The van der Waals surface area contributed by atoms with E-state index in [9.17, 15) is 4.57 Å². The smallest absolute Gasteiger partial charge is 0.344 e. The van der Waals surface area contributed by atoms with E-state index < -0.39 is 14.1 Å². The highest BCUT2D eigenvalue weighted by Crippen LogP contribution is 2.46. The molecule has 0 aromatic heterocycles. The Balaban J connectivity index is 0.000000424. The van der Waals surface area contributed by atoms with Gasteiger partial charge in [0.25, 0.3) is 0 Å². The molecule has 1 aliphatic rings. The molecule has 1 N–H and O–H groups in total. The Morgan fingerprint density at radius 2 is 2.31 bits per heavy atom. The molecule has 13 heavy (non-hydrogen) atoms. The Morgan fingerprint density at radius 3 is 2.62 bits per heavy atom. The first-order valence-electron chi connectivity index (χ1n) is 3.90. The summed E-state index contributed by atoms with van der Waals surface area (Å²) in [6.07, 6.45) is 1.21. The number of phosphoric ester groups is 1. The minimum atomic E-state index is -3.81. The fraction of sp³-hybridized carbons (Fsp3) is 0.714. The predicted octanol–water partition coefficient (Wildman–Crippen LogP) is 1.69. The van der Waals surface area contributed by atoms with Crippen molar-refractivity contribution in [1.82, 2.24) is 0 Å². The largest absolute Gasteiger partial charge is 0.474 e. The molecule has 0 radical (unpaired) electrons. The van der Waals surface area contributed by atoms with Crippen LogP contribution in [0, 0.1) is 0 Å². The van der Waals surface area contributed by atoms with Gasteiger partial charge in [-0.3, -0.25) is 9.05 Å². The van der Waals surface area contributed by atoms with Gasteiger partial charge in [0.2, 0.25) is 0 Å². The molecule has 2 unspecified atom stereocenters. The molecule has 0 amide bonds. The van der Waals surface area contributed by atoms with Crippen LogP contribution in [0.3, 0.4) is 0 Å². The lowest BCUT2D eigenvalue weighted by atomic mass is 10.8. The SMILES string of the molecule is C=CC.CCOP(=O)(O)OC1CO1. The van der Waals surface area contributed by atoms with Crippen LogP contribution in [0.4, 0.5) is 0 Å². The standard InChI is InChI=1S/C4H9O5P.C3H6/c1-2-8-10(5,6)9-4-3-7-4;1-3-2/h4H,2-3H2,1H3,(H,5,6);3H,1H2,2H3. The number of ether oxygens (including phenoxy) is 1. The second-order valence-corrected chi connectivity index (χ2v) is 3.57. The molecule has 0 aromatic carbocycles. The lowest BCUT2D eigenvalue weighted by molar-refractivity contribution is 0.102.